The summed E-state index contributed by atoms with van der Waals surface area (Å²) in [5.41, 5.74) is 0.210. The van der Waals surface area contributed by atoms with E-state index in [4.69, 9.17) is 4.74 Å². The third-order valence-corrected chi connectivity index (χ3v) is 6.22. The monoisotopic (exact) mass is 505 g/mol. The lowest BCUT2D eigenvalue weighted by atomic mass is 9.97. The molecule has 1 fully saturated rings. The number of aromatic amines is 1. The zero-order valence-electron chi connectivity index (χ0n) is 20.4. The number of nitriles is 1. The normalized spacial score (nSPS) is 20.8. The molecular formula is C24H30F3N7O2. The molecule has 1 amide bonds. The summed E-state index contributed by atoms with van der Waals surface area (Å²) in [6.45, 7) is 7.01. The molecular weight excluding hydrogens is 475 g/mol. The number of aromatic nitrogens is 1. The number of amides is 1. The summed E-state index contributed by atoms with van der Waals surface area (Å²) in [5.74, 6) is 0.778. The molecule has 1 aromatic rings. The first kappa shape index (κ1) is 25.6. The Kier molecular flexibility index (Phi) is 7.04. The summed E-state index contributed by atoms with van der Waals surface area (Å²) in [4.78, 5) is 21.3. The largest absolute Gasteiger partial charge is 0.444 e. The molecule has 0 aromatic carbocycles. The number of H-pyrrole nitrogens is 1. The van der Waals surface area contributed by atoms with Gasteiger partial charge in [-0.25, -0.2) is 4.79 Å². The fraction of sp³-hybridized carbons (Fsp3) is 0.542. The van der Waals surface area contributed by atoms with E-state index in [-0.39, 0.29) is 18.2 Å². The van der Waals surface area contributed by atoms with Crippen LogP contribution in [0.1, 0.15) is 44.7 Å². The molecule has 4 rings (SSSR count). The molecule has 1 aromatic heterocycles. The van der Waals surface area contributed by atoms with Crippen molar-refractivity contribution in [2.24, 2.45) is 10.9 Å². The first-order valence-electron chi connectivity index (χ1n) is 11.8. The Morgan fingerprint density at radius 3 is 2.67 bits per heavy atom. The van der Waals surface area contributed by atoms with Crippen molar-refractivity contribution in [3.63, 3.8) is 0 Å². The summed E-state index contributed by atoms with van der Waals surface area (Å²) in [6.07, 6.45) is 0.416. The van der Waals surface area contributed by atoms with Crippen molar-refractivity contribution in [3.8, 4) is 6.07 Å². The van der Waals surface area contributed by atoms with Crippen LogP contribution in [-0.4, -0.2) is 66.4 Å². The van der Waals surface area contributed by atoms with E-state index in [2.05, 4.69) is 32.0 Å². The van der Waals surface area contributed by atoms with Crippen molar-refractivity contribution >= 4 is 29.9 Å². The number of nitrogens with one attached hydrogen (secondary N) is 4. The standard InChI is InChI=1S/C24H30F3N7O2/c1-23(2,3)36-22(35)34-6-4-14(5-7-34)10-31-21-32-11-15(9-28)19(33-21)18-13-30-20-17(18)8-16(12-29-20)24(25,26)27/h8,11,13-14,21,29-31,33H,4-7,10,12H2,1-3H3. The zero-order chi connectivity index (χ0) is 26.1. The van der Waals surface area contributed by atoms with E-state index in [0.717, 1.165) is 18.9 Å². The van der Waals surface area contributed by atoms with Crippen LogP contribution in [0.5, 0.6) is 0 Å². The summed E-state index contributed by atoms with van der Waals surface area (Å²) >= 11 is 0. The van der Waals surface area contributed by atoms with Gasteiger partial charge < -0.3 is 25.3 Å². The number of rotatable bonds is 4. The Morgan fingerprint density at radius 1 is 1.31 bits per heavy atom. The Hall–Kier alpha value is -3.46. The number of hydrogen-bond acceptors (Lipinski definition) is 7. The van der Waals surface area contributed by atoms with Gasteiger partial charge in [0.05, 0.1) is 16.8 Å². The second-order valence-corrected chi connectivity index (χ2v) is 10.1. The quantitative estimate of drug-likeness (QED) is 0.494. The van der Waals surface area contributed by atoms with E-state index in [1.54, 1.807) is 11.1 Å². The Labute approximate surface area is 207 Å². The molecule has 3 aliphatic heterocycles. The number of carbonyl (C=O) groups excluding carboxylic acids is 1. The molecule has 194 valence electrons. The molecule has 1 unspecified atom stereocenters. The fourth-order valence-electron chi connectivity index (χ4n) is 4.33. The third kappa shape index (κ3) is 5.84. The highest BCUT2D eigenvalue weighted by atomic mass is 19.4. The lowest BCUT2D eigenvalue weighted by molar-refractivity contribution is -0.0909. The fourth-order valence-corrected chi connectivity index (χ4v) is 4.33. The van der Waals surface area contributed by atoms with Crippen LogP contribution >= 0.6 is 0 Å². The molecule has 0 spiro atoms. The van der Waals surface area contributed by atoms with Gasteiger partial charge in [-0.15, -0.1) is 0 Å². The van der Waals surface area contributed by atoms with Gasteiger partial charge in [-0.1, -0.05) is 0 Å². The summed E-state index contributed by atoms with van der Waals surface area (Å²) < 4.78 is 45.3. The first-order valence-corrected chi connectivity index (χ1v) is 11.8. The van der Waals surface area contributed by atoms with Crippen molar-refractivity contribution < 1.29 is 22.7 Å². The van der Waals surface area contributed by atoms with Gasteiger partial charge in [-0.05, 0) is 45.6 Å². The first-order chi connectivity index (χ1) is 16.9. The average molecular weight is 506 g/mol. The Morgan fingerprint density at radius 2 is 2.03 bits per heavy atom. The van der Waals surface area contributed by atoms with Gasteiger partial charge in [-0.3, -0.25) is 10.3 Å². The number of ether oxygens (including phenoxy) is 1. The molecule has 1 saturated heterocycles. The number of piperidine rings is 1. The average Bonchev–Trinajstić information content (AvgIpc) is 3.24. The highest BCUT2D eigenvalue weighted by Gasteiger charge is 2.36. The molecule has 9 nitrogen and oxygen atoms in total. The maximum absolute atomic E-state index is 13.3. The van der Waals surface area contributed by atoms with E-state index in [0.29, 0.717) is 48.2 Å². The zero-order valence-corrected chi connectivity index (χ0v) is 20.4. The number of nitrogens with zero attached hydrogens (tertiary/aromatic N) is 3. The van der Waals surface area contributed by atoms with Gasteiger partial charge in [0.15, 0.2) is 6.29 Å². The highest BCUT2D eigenvalue weighted by molar-refractivity contribution is 5.98. The number of fused-ring (bicyclic) bond motifs is 1. The molecule has 0 radical (unpaired) electrons. The van der Waals surface area contributed by atoms with E-state index in [1.165, 1.54) is 6.21 Å². The second kappa shape index (κ2) is 9.89. The highest BCUT2D eigenvalue weighted by Crippen LogP contribution is 2.36. The number of allylic oxidation sites excluding steroid dienone is 1. The number of halogens is 3. The van der Waals surface area contributed by atoms with Crippen LogP contribution in [0.15, 0.2) is 22.3 Å². The number of hydrogen-bond donors (Lipinski definition) is 4. The van der Waals surface area contributed by atoms with Crippen LogP contribution in [0.4, 0.5) is 23.8 Å². The van der Waals surface area contributed by atoms with Gasteiger partial charge in [0.25, 0.3) is 0 Å². The van der Waals surface area contributed by atoms with Crippen molar-refractivity contribution in [1.82, 2.24) is 20.5 Å². The molecule has 36 heavy (non-hydrogen) atoms. The predicted molar refractivity (Wildman–Crippen MR) is 130 cm³/mol. The van der Waals surface area contributed by atoms with Gasteiger partial charge in [0.1, 0.15) is 17.5 Å². The minimum absolute atomic E-state index is 0.230. The van der Waals surface area contributed by atoms with Crippen LogP contribution < -0.4 is 16.0 Å². The van der Waals surface area contributed by atoms with Crippen LogP contribution in [0.25, 0.3) is 11.8 Å². The molecule has 1 atom stereocenters. The second-order valence-electron chi connectivity index (χ2n) is 10.1. The van der Waals surface area contributed by atoms with E-state index in [1.807, 2.05) is 20.8 Å². The minimum atomic E-state index is -4.45. The van der Waals surface area contributed by atoms with Gasteiger partial charge >= 0.3 is 12.3 Å². The van der Waals surface area contributed by atoms with Crippen molar-refractivity contribution in [2.75, 3.05) is 31.5 Å². The maximum Gasteiger partial charge on any atom is 0.414 e. The van der Waals surface area contributed by atoms with Crippen molar-refractivity contribution in [2.45, 2.75) is 51.7 Å². The van der Waals surface area contributed by atoms with Gasteiger partial charge in [0, 0.05) is 49.7 Å². The van der Waals surface area contributed by atoms with Crippen molar-refractivity contribution in [3.05, 3.63) is 28.5 Å². The molecule has 0 aliphatic carbocycles. The summed E-state index contributed by atoms with van der Waals surface area (Å²) in [6, 6.07) is 2.06. The lowest BCUT2D eigenvalue weighted by Crippen LogP contribution is -2.47. The predicted octanol–water partition coefficient (Wildman–Crippen LogP) is 3.81. The molecule has 0 saturated carbocycles. The molecule has 0 bridgehead atoms. The van der Waals surface area contributed by atoms with Crippen LogP contribution in [0.2, 0.25) is 0 Å². The molecule has 4 N–H and O–H groups in total. The Bertz CT molecular complexity index is 1130. The minimum Gasteiger partial charge on any atom is -0.444 e. The van der Waals surface area contributed by atoms with Gasteiger partial charge in [-0.2, -0.15) is 18.4 Å². The number of likely N-dealkylation sites (tertiary alicyclic amines) is 1. The summed E-state index contributed by atoms with van der Waals surface area (Å²) in [7, 11) is 0. The van der Waals surface area contributed by atoms with Gasteiger partial charge in [0.2, 0.25) is 0 Å². The van der Waals surface area contributed by atoms with E-state index < -0.39 is 23.6 Å². The lowest BCUT2D eigenvalue weighted by Gasteiger charge is -2.34. The number of anilines is 1. The van der Waals surface area contributed by atoms with E-state index in [9.17, 15) is 23.2 Å². The van der Waals surface area contributed by atoms with Crippen LogP contribution in [0, 0.1) is 17.2 Å². The summed E-state index contributed by atoms with van der Waals surface area (Å²) in [5, 5.41) is 18.8. The van der Waals surface area contributed by atoms with Crippen molar-refractivity contribution in [1.29, 1.82) is 5.26 Å². The van der Waals surface area contributed by atoms with Crippen LogP contribution in [0.3, 0.4) is 0 Å². The topological polar surface area (TPSA) is 118 Å². The number of aliphatic imine (C=N–C) groups is 1. The maximum atomic E-state index is 13.3. The van der Waals surface area contributed by atoms with E-state index >= 15 is 0 Å². The number of alkyl halides is 3. The SMILES string of the molecule is CC(C)(C)OC(=O)N1CCC(CNC2N=CC(C#N)=C(c3c[nH]c4c3C=C(C(F)(F)F)CN4)N2)CC1. The number of carbonyl (C=O) groups is 1. The molecule has 3 aliphatic rings. The Balaban J connectivity index is 1.38. The van der Waals surface area contributed by atoms with Crippen LogP contribution in [-0.2, 0) is 4.74 Å². The molecule has 12 heteroatoms. The molecule has 4 heterocycles. The third-order valence-electron chi connectivity index (χ3n) is 6.22. The smallest absolute Gasteiger partial charge is 0.414 e.